The molecule has 0 aromatic carbocycles. The van der Waals surface area contributed by atoms with Crippen molar-refractivity contribution in [2.45, 2.75) is 57.8 Å². The van der Waals surface area contributed by atoms with Crippen LogP contribution in [0.15, 0.2) is 29.7 Å². The van der Waals surface area contributed by atoms with E-state index in [9.17, 15) is 4.79 Å². The number of nitrogens with one attached hydrogen (secondary N) is 1. The molecule has 2 rings (SSSR count). The van der Waals surface area contributed by atoms with Gasteiger partial charge < -0.3 is 9.88 Å². The van der Waals surface area contributed by atoms with Crippen molar-refractivity contribution in [3.63, 3.8) is 0 Å². The molecule has 0 aliphatic heterocycles. The number of pyridine rings is 1. The lowest BCUT2D eigenvalue weighted by Gasteiger charge is -2.24. The minimum atomic E-state index is -0.184. The van der Waals surface area contributed by atoms with Gasteiger partial charge in [-0.15, -0.1) is 10.2 Å². The molecule has 0 fully saturated rings. The molecule has 0 saturated carbocycles. The Kier molecular flexibility index (Phi) is 6.36. The molecule has 130 valence electrons. The highest BCUT2D eigenvalue weighted by atomic mass is 32.2. The average molecular weight is 347 g/mol. The van der Waals surface area contributed by atoms with Crippen molar-refractivity contribution in [2.24, 2.45) is 0 Å². The Morgan fingerprint density at radius 2 is 1.96 bits per heavy atom. The largest absolute Gasteiger partial charge is 0.351 e. The Morgan fingerprint density at radius 1 is 1.25 bits per heavy atom. The van der Waals surface area contributed by atoms with Crippen LogP contribution in [0.4, 0.5) is 0 Å². The fourth-order valence-electron chi connectivity index (χ4n) is 2.17. The zero-order chi connectivity index (χ0) is 17.6. The molecule has 0 saturated heterocycles. The lowest BCUT2D eigenvalue weighted by Crippen LogP contribution is -2.43. The summed E-state index contributed by atoms with van der Waals surface area (Å²) >= 11 is 1.42. The number of aromatic nitrogens is 4. The van der Waals surface area contributed by atoms with Crippen LogP contribution in [0.1, 0.15) is 40.5 Å². The molecule has 7 heteroatoms. The summed E-state index contributed by atoms with van der Waals surface area (Å²) in [4.78, 5) is 16.2. The number of carbonyl (C=O) groups excluding carboxylic acids is 1. The number of thioether (sulfide) groups is 1. The third-order valence-electron chi connectivity index (χ3n) is 3.80. The van der Waals surface area contributed by atoms with Crippen LogP contribution in [0, 0.1) is 0 Å². The van der Waals surface area contributed by atoms with Crippen LogP contribution in [-0.2, 0) is 11.3 Å². The molecule has 0 atom stereocenters. The van der Waals surface area contributed by atoms with Crippen molar-refractivity contribution in [3.05, 3.63) is 24.5 Å². The van der Waals surface area contributed by atoms with Gasteiger partial charge in [0.15, 0.2) is 11.0 Å². The molecule has 2 aromatic heterocycles. The van der Waals surface area contributed by atoms with Gasteiger partial charge in [-0.05, 0) is 38.8 Å². The summed E-state index contributed by atoms with van der Waals surface area (Å²) in [6.07, 6.45) is 5.35. The van der Waals surface area contributed by atoms with Crippen LogP contribution in [0.5, 0.6) is 0 Å². The maximum absolute atomic E-state index is 12.1. The second kappa shape index (κ2) is 8.28. The van der Waals surface area contributed by atoms with Crippen molar-refractivity contribution >= 4 is 17.7 Å². The number of carbonyl (C=O) groups is 1. The summed E-state index contributed by atoms with van der Waals surface area (Å²) in [6, 6.07) is 3.84. The van der Waals surface area contributed by atoms with E-state index in [2.05, 4.69) is 38.9 Å². The number of rotatable bonds is 8. The zero-order valence-electron chi connectivity index (χ0n) is 14.7. The zero-order valence-corrected chi connectivity index (χ0v) is 15.6. The molecule has 0 spiro atoms. The fourth-order valence-corrected chi connectivity index (χ4v) is 2.93. The first-order valence-electron chi connectivity index (χ1n) is 8.24. The number of hydrogen-bond donors (Lipinski definition) is 1. The highest BCUT2D eigenvalue weighted by Crippen LogP contribution is 2.24. The molecule has 24 heavy (non-hydrogen) atoms. The quantitative estimate of drug-likeness (QED) is 0.743. The normalized spacial score (nSPS) is 11.5. The fraction of sp³-hybridized carbons (Fsp3) is 0.529. The van der Waals surface area contributed by atoms with Crippen LogP contribution in [-0.4, -0.2) is 36.9 Å². The SMILES string of the molecule is CCCn1c(SCC(=O)NC(C)(C)CC)nnc1-c1ccncc1. The van der Waals surface area contributed by atoms with Gasteiger partial charge in [0, 0.05) is 30.0 Å². The van der Waals surface area contributed by atoms with E-state index in [0.717, 1.165) is 35.9 Å². The molecule has 1 N–H and O–H groups in total. The Hall–Kier alpha value is -1.89. The van der Waals surface area contributed by atoms with E-state index in [1.165, 1.54) is 11.8 Å². The van der Waals surface area contributed by atoms with Gasteiger partial charge in [-0.25, -0.2) is 0 Å². The average Bonchev–Trinajstić information content (AvgIpc) is 2.96. The van der Waals surface area contributed by atoms with Gasteiger partial charge >= 0.3 is 0 Å². The van der Waals surface area contributed by atoms with Crippen molar-refractivity contribution < 1.29 is 4.79 Å². The van der Waals surface area contributed by atoms with Crippen molar-refractivity contribution in [1.29, 1.82) is 0 Å². The minimum Gasteiger partial charge on any atom is -0.351 e. The summed E-state index contributed by atoms with van der Waals surface area (Å²) < 4.78 is 2.07. The van der Waals surface area contributed by atoms with Crippen LogP contribution in [0.3, 0.4) is 0 Å². The smallest absolute Gasteiger partial charge is 0.230 e. The molecule has 2 aromatic rings. The van der Waals surface area contributed by atoms with Gasteiger partial charge in [0.2, 0.25) is 5.91 Å². The second-order valence-corrected chi connectivity index (χ2v) is 7.21. The Balaban J connectivity index is 2.11. The van der Waals surface area contributed by atoms with Gasteiger partial charge in [0.25, 0.3) is 0 Å². The number of amides is 1. The van der Waals surface area contributed by atoms with E-state index in [0.29, 0.717) is 5.75 Å². The first kappa shape index (κ1) is 18.4. The third-order valence-corrected chi connectivity index (χ3v) is 4.76. The maximum Gasteiger partial charge on any atom is 0.230 e. The highest BCUT2D eigenvalue weighted by Gasteiger charge is 2.19. The molecule has 0 unspecified atom stereocenters. The minimum absolute atomic E-state index is 0.0170. The van der Waals surface area contributed by atoms with Crippen molar-refractivity contribution in [3.8, 4) is 11.4 Å². The Labute approximate surface area is 147 Å². The molecular weight excluding hydrogens is 322 g/mol. The van der Waals surface area contributed by atoms with E-state index in [1.54, 1.807) is 12.4 Å². The highest BCUT2D eigenvalue weighted by molar-refractivity contribution is 7.99. The van der Waals surface area contributed by atoms with Crippen molar-refractivity contribution in [2.75, 3.05) is 5.75 Å². The molecular formula is C17H25N5OS. The van der Waals surface area contributed by atoms with E-state index < -0.39 is 0 Å². The second-order valence-electron chi connectivity index (χ2n) is 6.27. The molecule has 6 nitrogen and oxygen atoms in total. The summed E-state index contributed by atoms with van der Waals surface area (Å²) in [6.45, 7) is 9.04. The van der Waals surface area contributed by atoms with Crippen LogP contribution < -0.4 is 5.32 Å². The molecule has 1 amide bonds. The predicted octanol–water partition coefficient (Wildman–Crippen LogP) is 3.15. The van der Waals surface area contributed by atoms with Gasteiger partial charge in [-0.1, -0.05) is 25.6 Å². The van der Waals surface area contributed by atoms with Crippen LogP contribution >= 0.6 is 11.8 Å². The van der Waals surface area contributed by atoms with Crippen LogP contribution in [0.25, 0.3) is 11.4 Å². The lowest BCUT2D eigenvalue weighted by atomic mass is 10.0. The van der Waals surface area contributed by atoms with Gasteiger partial charge in [0.05, 0.1) is 5.75 Å². The van der Waals surface area contributed by atoms with E-state index in [1.807, 2.05) is 26.0 Å². The van der Waals surface area contributed by atoms with E-state index in [4.69, 9.17) is 0 Å². The van der Waals surface area contributed by atoms with E-state index >= 15 is 0 Å². The lowest BCUT2D eigenvalue weighted by molar-refractivity contribution is -0.120. The molecule has 2 heterocycles. The van der Waals surface area contributed by atoms with Crippen LogP contribution in [0.2, 0.25) is 0 Å². The molecule has 0 aliphatic carbocycles. The summed E-state index contributed by atoms with van der Waals surface area (Å²) in [7, 11) is 0. The standard InChI is InChI=1S/C17H25N5OS/c1-5-11-22-15(13-7-9-18-10-8-13)20-21-16(22)24-12-14(23)19-17(3,4)6-2/h7-10H,5-6,11-12H2,1-4H3,(H,19,23). The first-order chi connectivity index (χ1) is 11.5. The topological polar surface area (TPSA) is 72.7 Å². The monoisotopic (exact) mass is 347 g/mol. The molecule has 0 radical (unpaired) electrons. The van der Waals surface area contributed by atoms with Gasteiger partial charge in [-0.3, -0.25) is 9.78 Å². The summed E-state index contributed by atoms with van der Waals surface area (Å²) in [5, 5.41) is 12.4. The number of hydrogen-bond acceptors (Lipinski definition) is 5. The van der Waals surface area contributed by atoms with Crippen molar-refractivity contribution in [1.82, 2.24) is 25.1 Å². The van der Waals surface area contributed by atoms with Gasteiger partial charge in [0.1, 0.15) is 0 Å². The van der Waals surface area contributed by atoms with E-state index in [-0.39, 0.29) is 11.4 Å². The third kappa shape index (κ3) is 4.80. The van der Waals surface area contributed by atoms with Gasteiger partial charge in [-0.2, -0.15) is 0 Å². The molecule has 0 bridgehead atoms. The Morgan fingerprint density at radius 3 is 2.58 bits per heavy atom. The first-order valence-corrected chi connectivity index (χ1v) is 9.22. The molecule has 0 aliphatic rings. The Bertz CT molecular complexity index is 669. The number of nitrogens with zero attached hydrogens (tertiary/aromatic N) is 4. The summed E-state index contributed by atoms with van der Waals surface area (Å²) in [5.74, 6) is 1.17. The maximum atomic E-state index is 12.1. The predicted molar refractivity (Wildman–Crippen MR) is 96.8 cm³/mol. The summed E-state index contributed by atoms with van der Waals surface area (Å²) in [5.41, 5.74) is 0.797.